The van der Waals surface area contributed by atoms with Crippen LogP contribution in [0.15, 0.2) is 0 Å². The van der Waals surface area contributed by atoms with Crippen molar-refractivity contribution < 1.29 is 14.3 Å². The van der Waals surface area contributed by atoms with Crippen LogP contribution in [0.4, 0.5) is 4.39 Å². The molecule has 10 heavy (non-hydrogen) atoms. The number of carboxylic acid groups (broad SMARTS) is 1. The fraction of sp³-hybridized carbons (Fsp3) is 0.857. The Hall–Kier alpha value is -0.600. The molecule has 3 heteroatoms. The molecule has 0 aromatic heterocycles. The molecule has 2 nitrogen and oxygen atoms in total. The van der Waals surface area contributed by atoms with Crippen molar-refractivity contribution in [3.05, 3.63) is 0 Å². The highest BCUT2D eigenvalue weighted by molar-refractivity contribution is 5.76. The topological polar surface area (TPSA) is 37.3 Å². The fourth-order valence-corrected chi connectivity index (χ4v) is 0.151. The van der Waals surface area contributed by atoms with Crippen molar-refractivity contribution in [2.75, 3.05) is 0 Å². The molecule has 0 spiro atoms. The first-order chi connectivity index (χ1) is 4.50. The monoisotopic (exact) mass is 150 g/mol. The summed E-state index contributed by atoms with van der Waals surface area (Å²) in [6.45, 7) is 6.55. The highest BCUT2D eigenvalue weighted by atomic mass is 19.1. The molecule has 0 saturated carbocycles. The molecule has 0 aliphatic heterocycles. The summed E-state index contributed by atoms with van der Waals surface area (Å²) in [6, 6.07) is 0. The number of hydrogen-bond donors (Lipinski definition) is 1. The predicted octanol–water partition coefficient (Wildman–Crippen LogP) is 2.24. The van der Waals surface area contributed by atoms with E-state index in [1.165, 1.54) is 6.92 Å². The number of alkyl halides is 1. The number of carboxylic acids is 1. The molecule has 1 N–H and O–H groups in total. The zero-order valence-electron chi connectivity index (χ0n) is 6.94. The number of rotatable bonds is 2. The predicted molar refractivity (Wildman–Crippen MR) is 38.8 cm³/mol. The molecule has 1 unspecified atom stereocenters. The Morgan fingerprint density at radius 3 is 1.90 bits per heavy atom. The molecule has 62 valence electrons. The van der Waals surface area contributed by atoms with Crippen LogP contribution in [0.25, 0.3) is 0 Å². The van der Waals surface area contributed by atoms with Crippen LogP contribution in [0.5, 0.6) is 0 Å². The maximum absolute atomic E-state index is 12.3. The lowest BCUT2D eigenvalue weighted by atomic mass is 10.1. The number of carbonyl (C=O) groups is 1. The van der Waals surface area contributed by atoms with E-state index in [2.05, 4.69) is 0 Å². The lowest BCUT2D eigenvalue weighted by Crippen LogP contribution is -2.28. The minimum Gasteiger partial charge on any atom is -0.479 e. The van der Waals surface area contributed by atoms with Gasteiger partial charge in [0.15, 0.2) is 0 Å². The molecule has 0 aromatic rings. The number of aliphatic carboxylic acids is 1. The van der Waals surface area contributed by atoms with Crippen molar-refractivity contribution in [2.45, 2.75) is 39.8 Å². The molecule has 0 radical (unpaired) electrons. The van der Waals surface area contributed by atoms with Gasteiger partial charge in [-0.05, 0) is 13.3 Å². The highest BCUT2D eigenvalue weighted by Crippen LogP contribution is 2.13. The first-order valence-electron chi connectivity index (χ1n) is 3.43. The quantitative estimate of drug-likeness (QED) is 0.655. The summed E-state index contributed by atoms with van der Waals surface area (Å²) in [4.78, 5) is 9.88. The van der Waals surface area contributed by atoms with Crippen molar-refractivity contribution in [1.29, 1.82) is 0 Å². The summed E-state index contributed by atoms with van der Waals surface area (Å²) in [5, 5.41) is 8.07. The number of halogens is 1. The van der Waals surface area contributed by atoms with E-state index >= 15 is 0 Å². The smallest absolute Gasteiger partial charge is 0.341 e. The number of hydrogen-bond acceptors (Lipinski definition) is 1. The van der Waals surface area contributed by atoms with Gasteiger partial charge in [-0.15, -0.1) is 0 Å². The SMILES string of the molecule is CC.CCC(C)(F)C(=O)O. The second-order valence-electron chi connectivity index (χ2n) is 1.86. The Kier molecular flexibility index (Phi) is 6.31. The van der Waals surface area contributed by atoms with Gasteiger partial charge in [-0.1, -0.05) is 20.8 Å². The molecule has 0 amide bonds. The van der Waals surface area contributed by atoms with Crippen molar-refractivity contribution in [1.82, 2.24) is 0 Å². The van der Waals surface area contributed by atoms with Crippen LogP contribution < -0.4 is 0 Å². The van der Waals surface area contributed by atoms with E-state index in [1.54, 1.807) is 0 Å². The lowest BCUT2D eigenvalue weighted by Gasteiger charge is -2.09. The summed E-state index contributed by atoms with van der Waals surface area (Å²) >= 11 is 0. The van der Waals surface area contributed by atoms with Gasteiger partial charge in [-0.25, -0.2) is 9.18 Å². The molecular weight excluding hydrogens is 135 g/mol. The highest BCUT2D eigenvalue weighted by Gasteiger charge is 2.29. The van der Waals surface area contributed by atoms with Gasteiger partial charge >= 0.3 is 5.97 Å². The molecule has 0 saturated heterocycles. The van der Waals surface area contributed by atoms with Gasteiger partial charge in [-0.3, -0.25) is 0 Å². The van der Waals surface area contributed by atoms with E-state index in [4.69, 9.17) is 5.11 Å². The van der Waals surface area contributed by atoms with Gasteiger partial charge in [0.2, 0.25) is 5.67 Å². The Morgan fingerprint density at radius 2 is 1.90 bits per heavy atom. The van der Waals surface area contributed by atoms with E-state index < -0.39 is 11.6 Å². The normalized spacial score (nSPS) is 14.5. The van der Waals surface area contributed by atoms with E-state index in [0.717, 1.165) is 6.92 Å². The van der Waals surface area contributed by atoms with Crippen LogP contribution in [0.2, 0.25) is 0 Å². The molecule has 0 bridgehead atoms. The molecule has 0 aromatic carbocycles. The minimum atomic E-state index is -2.04. The maximum atomic E-state index is 12.3. The zero-order chi connectivity index (χ0) is 8.78. The minimum absolute atomic E-state index is 0.0162. The van der Waals surface area contributed by atoms with Gasteiger partial charge in [0, 0.05) is 0 Å². The third-order valence-corrected chi connectivity index (χ3v) is 1.11. The van der Waals surface area contributed by atoms with Crippen LogP contribution in [-0.2, 0) is 4.79 Å². The largest absolute Gasteiger partial charge is 0.479 e. The molecule has 0 heterocycles. The van der Waals surface area contributed by atoms with Crippen molar-refractivity contribution >= 4 is 5.97 Å². The van der Waals surface area contributed by atoms with Gasteiger partial charge in [0.1, 0.15) is 0 Å². The molecule has 0 aliphatic rings. The van der Waals surface area contributed by atoms with E-state index in [1.807, 2.05) is 13.8 Å². The summed E-state index contributed by atoms with van der Waals surface area (Å²) in [5.41, 5.74) is -2.04. The van der Waals surface area contributed by atoms with Crippen molar-refractivity contribution in [2.24, 2.45) is 0 Å². The van der Waals surface area contributed by atoms with Crippen LogP contribution in [-0.4, -0.2) is 16.7 Å². The Bertz CT molecular complexity index is 99.8. The second-order valence-corrected chi connectivity index (χ2v) is 1.86. The lowest BCUT2D eigenvalue weighted by molar-refractivity contribution is -0.149. The van der Waals surface area contributed by atoms with E-state index in [0.29, 0.717) is 0 Å². The first kappa shape index (κ1) is 12.1. The van der Waals surface area contributed by atoms with Crippen LogP contribution in [0, 0.1) is 0 Å². The summed E-state index contributed by atoms with van der Waals surface area (Å²) in [5.74, 6) is -1.39. The third-order valence-electron chi connectivity index (χ3n) is 1.11. The van der Waals surface area contributed by atoms with Crippen molar-refractivity contribution in [3.8, 4) is 0 Å². The maximum Gasteiger partial charge on any atom is 0.341 e. The van der Waals surface area contributed by atoms with Gasteiger partial charge in [-0.2, -0.15) is 0 Å². The van der Waals surface area contributed by atoms with Crippen molar-refractivity contribution in [3.63, 3.8) is 0 Å². The fourth-order valence-electron chi connectivity index (χ4n) is 0.151. The van der Waals surface area contributed by atoms with Crippen LogP contribution in [0.3, 0.4) is 0 Å². The van der Waals surface area contributed by atoms with Gasteiger partial charge < -0.3 is 5.11 Å². The average Bonchev–Trinajstić information content (AvgIpc) is 1.92. The van der Waals surface area contributed by atoms with E-state index in [-0.39, 0.29) is 6.42 Å². The summed E-state index contributed by atoms with van der Waals surface area (Å²) in [6.07, 6.45) is 0.0162. The Morgan fingerprint density at radius 1 is 1.60 bits per heavy atom. The molecule has 0 fully saturated rings. The summed E-state index contributed by atoms with van der Waals surface area (Å²) < 4.78 is 12.3. The first-order valence-corrected chi connectivity index (χ1v) is 3.43. The zero-order valence-corrected chi connectivity index (χ0v) is 6.94. The molecule has 0 rings (SSSR count). The molecule has 0 aliphatic carbocycles. The van der Waals surface area contributed by atoms with Gasteiger partial charge in [0.05, 0.1) is 0 Å². The molecular formula is C7H15FO2. The Balaban J connectivity index is 0. The van der Waals surface area contributed by atoms with Crippen LogP contribution >= 0.6 is 0 Å². The van der Waals surface area contributed by atoms with E-state index in [9.17, 15) is 9.18 Å². The average molecular weight is 150 g/mol. The van der Waals surface area contributed by atoms with Crippen LogP contribution in [0.1, 0.15) is 34.1 Å². The Labute approximate surface area is 61.1 Å². The standard InChI is InChI=1S/C5H9FO2.C2H6/c1-3-5(2,6)4(7)8;1-2/h3H2,1-2H3,(H,7,8);1-2H3. The second kappa shape index (κ2) is 5.21. The third kappa shape index (κ3) is 4.30. The summed E-state index contributed by atoms with van der Waals surface area (Å²) in [7, 11) is 0. The van der Waals surface area contributed by atoms with Gasteiger partial charge in [0.25, 0.3) is 0 Å². The molecule has 1 atom stereocenters.